The van der Waals surface area contributed by atoms with E-state index in [4.69, 9.17) is 4.98 Å². The smallest absolute Gasteiger partial charge is 0.225 e. The minimum absolute atomic E-state index is 0.188. The van der Waals surface area contributed by atoms with Crippen LogP contribution in [0.5, 0.6) is 0 Å². The molecule has 0 radical (unpaired) electrons. The largest absolute Gasteiger partial charge is 0.348 e. The van der Waals surface area contributed by atoms with E-state index < -0.39 is 0 Å². The number of thiazole rings is 1. The van der Waals surface area contributed by atoms with Gasteiger partial charge < -0.3 is 14.7 Å². The monoisotopic (exact) mass is 386 g/mol. The number of piperidine rings is 1. The van der Waals surface area contributed by atoms with E-state index in [9.17, 15) is 4.79 Å². The molecule has 1 aromatic carbocycles. The van der Waals surface area contributed by atoms with Crippen LogP contribution in [0.25, 0.3) is 10.2 Å². The van der Waals surface area contributed by atoms with Gasteiger partial charge in [-0.15, -0.1) is 0 Å². The van der Waals surface area contributed by atoms with Gasteiger partial charge in [0.25, 0.3) is 0 Å². The molecule has 4 rings (SSSR count). The SMILES string of the molecule is CCN1CCN(C(=O)C2CCN(c3nc4c(C)cc(C)cc4s3)CC2)CC1. The quantitative estimate of drug-likeness (QED) is 0.812. The summed E-state index contributed by atoms with van der Waals surface area (Å²) < 4.78 is 1.27. The summed E-state index contributed by atoms with van der Waals surface area (Å²) in [5, 5.41) is 1.11. The predicted octanol–water partition coefficient (Wildman–Crippen LogP) is 3.29. The molecule has 0 unspecified atom stereocenters. The van der Waals surface area contributed by atoms with E-state index in [1.807, 2.05) is 0 Å². The van der Waals surface area contributed by atoms with Crippen LogP contribution in [0.2, 0.25) is 0 Å². The van der Waals surface area contributed by atoms with Crippen LogP contribution >= 0.6 is 11.3 Å². The van der Waals surface area contributed by atoms with Crippen molar-refractivity contribution < 1.29 is 4.79 Å². The fourth-order valence-electron chi connectivity index (χ4n) is 4.35. The number of amides is 1. The molecule has 146 valence electrons. The number of benzene rings is 1. The minimum Gasteiger partial charge on any atom is -0.348 e. The lowest BCUT2D eigenvalue weighted by Crippen LogP contribution is -2.51. The van der Waals surface area contributed by atoms with Gasteiger partial charge in [-0.1, -0.05) is 24.3 Å². The van der Waals surface area contributed by atoms with Crippen LogP contribution in [0.3, 0.4) is 0 Å². The van der Waals surface area contributed by atoms with Crippen molar-refractivity contribution in [1.82, 2.24) is 14.8 Å². The van der Waals surface area contributed by atoms with Crippen molar-refractivity contribution in [3.8, 4) is 0 Å². The summed E-state index contributed by atoms with van der Waals surface area (Å²) in [5.41, 5.74) is 3.68. The number of aryl methyl sites for hydroxylation is 2. The first-order valence-electron chi connectivity index (χ1n) is 10.2. The molecular weight excluding hydrogens is 356 g/mol. The Hall–Kier alpha value is -1.66. The molecule has 2 saturated heterocycles. The summed E-state index contributed by atoms with van der Waals surface area (Å²) in [6.07, 6.45) is 1.89. The van der Waals surface area contributed by atoms with Gasteiger partial charge in [0.15, 0.2) is 5.13 Å². The predicted molar refractivity (Wildman–Crippen MR) is 113 cm³/mol. The zero-order chi connectivity index (χ0) is 19.0. The van der Waals surface area contributed by atoms with Gasteiger partial charge in [-0.25, -0.2) is 4.98 Å². The molecule has 5 nitrogen and oxygen atoms in total. The molecule has 0 N–H and O–H groups in total. The fraction of sp³-hybridized carbons (Fsp3) is 0.619. The van der Waals surface area contributed by atoms with Crippen LogP contribution in [0.1, 0.15) is 30.9 Å². The molecule has 0 aliphatic carbocycles. The van der Waals surface area contributed by atoms with Crippen LogP contribution in [0.4, 0.5) is 5.13 Å². The number of carbonyl (C=O) groups is 1. The van der Waals surface area contributed by atoms with Crippen LogP contribution in [0.15, 0.2) is 12.1 Å². The van der Waals surface area contributed by atoms with E-state index in [2.05, 4.69) is 47.6 Å². The normalized spacial score (nSPS) is 19.8. The Kier molecular flexibility index (Phi) is 5.37. The molecule has 27 heavy (non-hydrogen) atoms. The Morgan fingerprint density at radius 1 is 1.11 bits per heavy atom. The van der Waals surface area contributed by atoms with Gasteiger partial charge in [-0.2, -0.15) is 0 Å². The highest BCUT2D eigenvalue weighted by Crippen LogP contribution is 2.34. The minimum atomic E-state index is 0.188. The summed E-state index contributed by atoms with van der Waals surface area (Å²) in [5.74, 6) is 0.564. The van der Waals surface area contributed by atoms with E-state index in [0.717, 1.165) is 69.3 Å². The summed E-state index contributed by atoms with van der Waals surface area (Å²) in [4.78, 5) is 24.7. The number of rotatable bonds is 3. The molecule has 3 heterocycles. The molecule has 0 atom stereocenters. The number of hydrogen-bond donors (Lipinski definition) is 0. The second kappa shape index (κ2) is 7.76. The Morgan fingerprint density at radius 2 is 1.81 bits per heavy atom. The average Bonchev–Trinajstić information content (AvgIpc) is 3.12. The average molecular weight is 387 g/mol. The highest BCUT2D eigenvalue weighted by Gasteiger charge is 2.31. The molecule has 0 saturated carbocycles. The molecule has 1 aromatic heterocycles. The molecule has 2 aromatic rings. The highest BCUT2D eigenvalue weighted by molar-refractivity contribution is 7.22. The number of carbonyl (C=O) groups excluding carboxylic acids is 1. The van der Waals surface area contributed by atoms with E-state index in [1.165, 1.54) is 15.8 Å². The Balaban J connectivity index is 1.38. The Labute approximate surface area is 166 Å². The van der Waals surface area contributed by atoms with Crippen molar-refractivity contribution in [1.29, 1.82) is 0 Å². The number of nitrogens with zero attached hydrogens (tertiary/aromatic N) is 4. The molecule has 0 bridgehead atoms. The lowest BCUT2D eigenvalue weighted by molar-refractivity contribution is -0.137. The van der Waals surface area contributed by atoms with E-state index in [-0.39, 0.29) is 5.92 Å². The summed E-state index contributed by atoms with van der Waals surface area (Å²) in [6.45, 7) is 13.3. The molecular formula is C21H30N4OS. The molecule has 2 aliphatic rings. The molecule has 0 spiro atoms. The van der Waals surface area contributed by atoms with Crippen LogP contribution < -0.4 is 4.90 Å². The maximum absolute atomic E-state index is 12.9. The standard InChI is InChI=1S/C21H30N4OS/c1-4-23-9-11-24(12-10-23)20(26)17-5-7-25(8-6-17)21-22-19-16(3)13-15(2)14-18(19)27-21/h13-14,17H,4-12H2,1-3H3. The number of aromatic nitrogens is 1. The number of fused-ring (bicyclic) bond motifs is 1. The Morgan fingerprint density at radius 3 is 2.48 bits per heavy atom. The lowest BCUT2D eigenvalue weighted by atomic mass is 9.95. The van der Waals surface area contributed by atoms with E-state index >= 15 is 0 Å². The zero-order valence-electron chi connectivity index (χ0n) is 16.7. The van der Waals surface area contributed by atoms with Crippen LogP contribution in [0, 0.1) is 19.8 Å². The fourth-order valence-corrected chi connectivity index (χ4v) is 5.55. The lowest BCUT2D eigenvalue weighted by Gasteiger charge is -2.38. The van der Waals surface area contributed by atoms with Gasteiger partial charge in [-0.3, -0.25) is 4.79 Å². The van der Waals surface area contributed by atoms with Crippen molar-refractivity contribution in [2.24, 2.45) is 5.92 Å². The number of hydrogen-bond acceptors (Lipinski definition) is 5. The third-order valence-electron chi connectivity index (χ3n) is 6.06. The first-order valence-corrected chi connectivity index (χ1v) is 11.0. The second-order valence-electron chi connectivity index (χ2n) is 7.95. The van der Waals surface area contributed by atoms with Gasteiger partial charge >= 0.3 is 0 Å². The van der Waals surface area contributed by atoms with Gasteiger partial charge in [0.2, 0.25) is 5.91 Å². The van der Waals surface area contributed by atoms with Crippen molar-refractivity contribution in [2.75, 3.05) is 50.7 Å². The summed E-state index contributed by atoms with van der Waals surface area (Å²) >= 11 is 1.79. The van der Waals surface area contributed by atoms with Gasteiger partial charge in [-0.05, 0) is 50.4 Å². The highest BCUT2D eigenvalue weighted by atomic mass is 32.1. The zero-order valence-corrected chi connectivity index (χ0v) is 17.5. The molecule has 6 heteroatoms. The van der Waals surface area contributed by atoms with Crippen LogP contribution in [-0.4, -0.2) is 66.5 Å². The summed E-state index contributed by atoms with van der Waals surface area (Å²) in [6, 6.07) is 4.44. The number of anilines is 1. The molecule has 2 fully saturated rings. The summed E-state index contributed by atoms with van der Waals surface area (Å²) in [7, 11) is 0. The first kappa shape index (κ1) is 18.7. The first-order chi connectivity index (χ1) is 13.0. The number of piperazine rings is 1. The van der Waals surface area contributed by atoms with E-state index in [1.54, 1.807) is 11.3 Å². The molecule has 1 amide bonds. The van der Waals surface area contributed by atoms with Gasteiger partial charge in [0.1, 0.15) is 0 Å². The third kappa shape index (κ3) is 3.83. The van der Waals surface area contributed by atoms with Crippen molar-refractivity contribution >= 4 is 32.6 Å². The Bertz CT molecular complexity index is 817. The maximum Gasteiger partial charge on any atom is 0.225 e. The molecule has 2 aliphatic heterocycles. The number of likely N-dealkylation sites (N-methyl/N-ethyl adjacent to an activating group) is 1. The topological polar surface area (TPSA) is 39.7 Å². The van der Waals surface area contributed by atoms with Crippen molar-refractivity contribution in [3.63, 3.8) is 0 Å². The van der Waals surface area contributed by atoms with Crippen molar-refractivity contribution in [2.45, 2.75) is 33.6 Å². The second-order valence-corrected chi connectivity index (χ2v) is 8.95. The maximum atomic E-state index is 12.9. The van der Waals surface area contributed by atoms with Gasteiger partial charge in [0.05, 0.1) is 10.2 Å². The van der Waals surface area contributed by atoms with Crippen molar-refractivity contribution in [3.05, 3.63) is 23.3 Å². The van der Waals surface area contributed by atoms with Crippen LogP contribution in [-0.2, 0) is 4.79 Å². The van der Waals surface area contributed by atoms with Gasteiger partial charge in [0, 0.05) is 45.2 Å². The van der Waals surface area contributed by atoms with E-state index in [0.29, 0.717) is 5.91 Å². The third-order valence-corrected chi connectivity index (χ3v) is 7.13.